The smallest absolute Gasteiger partial charge is 0.253 e. The fraction of sp³-hybridized carbons (Fsp3) is 0.0870. The van der Waals surface area contributed by atoms with E-state index < -0.39 is 0 Å². The van der Waals surface area contributed by atoms with Crippen LogP contribution in [0.15, 0.2) is 82.4 Å². The topological polar surface area (TPSA) is 54.8 Å². The number of thiazole rings is 1. The second kappa shape index (κ2) is 9.19. The maximum atomic E-state index is 13.1. The Balaban J connectivity index is 1.68. The number of halogens is 1. The largest absolute Gasteiger partial charge is 0.497 e. The minimum absolute atomic E-state index is 0.152. The number of hydrogen-bond donors (Lipinski definition) is 0. The number of aromatic nitrogens is 1. The molecule has 3 aromatic carbocycles. The average Bonchev–Trinajstić information content (AvgIpc) is 3.18. The van der Waals surface area contributed by atoms with E-state index in [9.17, 15) is 4.79 Å². The van der Waals surface area contributed by atoms with E-state index in [1.807, 2.05) is 72.8 Å². The van der Waals surface area contributed by atoms with Gasteiger partial charge in [-0.2, -0.15) is 10.1 Å². The molecule has 1 amide bonds. The highest BCUT2D eigenvalue weighted by Gasteiger charge is 2.20. The lowest BCUT2D eigenvalue weighted by Gasteiger charge is -2.13. The van der Waals surface area contributed by atoms with Gasteiger partial charge in [0.25, 0.3) is 5.91 Å². The van der Waals surface area contributed by atoms with E-state index in [0.29, 0.717) is 5.13 Å². The van der Waals surface area contributed by atoms with Crippen molar-refractivity contribution in [3.05, 3.63) is 88.4 Å². The quantitative estimate of drug-likeness (QED) is 0.264. The summed E-state index contributed by atoms with van der Waals surface area (Å²) in [7, 11) is 1.63. The Bertz CT molecular complexity index is 1190. The van der Waals surface area contributed by atoms with Gasteiger partial charge in [0.15, 0.2) is 0 Å². The van der Waals surface area contributed by atoms with Crippen molar-refractivity contribution in [2.24, 2.45) is 5.10 Å². The molecule has 4 aromatic rings. The highest BCUT2D eigenvalue weighted by atomic mass is 79.9. The molecule has 150 valence electrons. The van der Waals surface area contributed by atoms with Crippen LogP contribution in [-0.2, 0) is 11.2 Å². The molecule has 0 aliphatic rings. The van der Waals surface area contributed by atoms with Crippen LogP contribution in [0.5, 0.6) is 5.75 Å². The van der Waals surface area contributed by atoms with Gasteiger partial charge in [0.05, 0.1) is 30.0 Å². The number of ether oxygens (including phenoxy) is 1. The van der Waals surface area contributed by atoms with Gasteiger partial charge in [-0.3, -0.25) is 4.79 Å². The molecule has 0 spiro atoms. The summed E-state index contributed by atoms with van der Waals surface area (Å²) in [4.78, 5) is 17.8. The monoisotopic (exact) mass is 479 g/mol. The minimum atomic E-state index is -0.152. The second-order valence-electron chi connectivity index (χ2n) is 6.49. The van der Waals surface area contributed by atoms with Gasteiger partial charge in [0.1, 0.15) is 5.75 Å². The van der Waals surface area contributed by atoms with Crippen LogP contribution in [0, 0.1) is 0 Å². The standard InChI is InChI=1S/C23H18BrN3O2S/c1-29-19-11-12-20-21(14-19)30-23(26-20)27(22(28)13-16-5-3-2-4-6-16)25-15-17-7-9-18(24)10-8-17/h2-12,14-15H,13H2,1H3/b25-15+. The number of carbonyl (C=O) groups excluding carboxylic acids is 1. The predicted octanol–water partition coefficient (Wildman–Crippen LogP) is 5.68. The van der Waals surface area contributed by atoms with Crippen molar-refractivity contribution in [1.82, 2.24) is 4.98 Å². The molecule has 30 heavy (non-hydrogen) atoms. The Morgan fingerprint density at radius 3 is 2.63 bits per heavy atom. The molecule has 1 aromatic heterocycles. The molecule has 0 radical (unpaired) electrons. The summed E-state index contributed by atoms with van der Waals surface area (Å²) in [6.45, 7) is 0. The van der Waals surface area contributed by atoms with E-state index in [-0.39, 0.29) is 12.3 Å². The molecule has 0 aliphatic carbocycles. The summed E-state index contributed by atoms with van der Waals surface area (Å²) in [5.41, 5.74) is 2.61. The van der Waals surface area contributed by atoms with E-state index >= 15 is 0 Å². The Morgan fingerprint density at radius 1 is 1.13 bits per heavy atom. The highest BCUT2D eigenvalue weighted by Crippen LogP contribution is 2.32. The fourth-order valence-corrected chi connectivity index (χ4v) is 4.08. The van der Waals surface area contributed by atoms with Crippen LogP contribution in [0.4, 0.5) is 5.13 Å². The van der Waals surface area contributed by atoms with Gasteiger partial charge in [-0.1, -0.05) is 69.7 Å². The lowest BCUT2D eigenvalue weighted by atomic mass is 10.1. The number of nitrogens with zero attached hydrogens (tertiary/aromatic N) is 3. The van der Waals surface area contributed by atoms with Crippen molar-refractivity contribution >= 4 is 54.7 Å². The number of fused-ring (bicyclic) bond motifs is 1. The lowest BCUT2D eigenvalue weighted by molar-refractivity contribution is -0.118. The van der Waals surface area contributed by atoms with Gasteiger partial charge in [0.2, 0.25) is 5.13 Å². The number of carbonyl (C=O) groups is 1. The number of benzene rings is 3. The van der Waals surface area contributed by atoms with Crippen LogP contribution in [-0.4, -0.2) is 24.2 Å². The summed E-state index contributed by atoms with van der Waals surface area (Å²) in [6, 6.07) is 23.0. The van der Waals surface area contributed by atoms with Crippen LogP contribution >= 0.6 is 27.3 Å². The number of methoxy groups -OCH3 is 1. The number of hydrogen-bond acceptors (Lipinski definition) is 5. The van der Waals surface area contributed by atoms with Crippen LogP contribution in [0.25, 0.3) is 10.2 Å². The molecule has 0 saturated heterocycles. The van der Waals surface area contributed by atoms with Crippen LogP contribution < -0.4 is 9.75 Å². The third kappa shape index (κ3) is 4.75. The Morgan fingerprint density at radius 2 is 1.90 bits per heavy atom. The predicted molar refractivity (Wildman–Crippen MR) is 126 cm³/mol. The van der Waals surface area contributed by atoms with E-state index in [0.717, 1.165) is 31.6 Å². The molecule has 0 saturated carbocycles. The summed E-state index contributed by atoms with van der Waals surface area (Å²) in [5.74, 6) is 0.596. The minimum Gasteiger partial charge on any atom is -0.497 e. The number of rotatable bonds is 6. The maximum Gasteiger partial charge on any atom is 0.253 e. The molecular weight excluding hydrogens is 462 g/mol. The first-order valence-electron chi connectivity index (χ1n) is 9.23. The normalized spacial score (nSPS) is 11.1. The molecule has 0 aliphatic heterocycles. The van der Waals surface area contributed by atoms with Gasteiger partial charge in [-0.15, -0.1) is 0 Å². The molecule has 0 bridgehead atoms. The van der Waals surface area contributed by atoms with Crippen molar-refractivity contribution in [1.29, 1.82) is 0 Å². The number of amides is 1. The first-order chi connectivity index (χ1) is 14.6. The molecule has 0 N–H and O–H groups in total. The lowest BCUT2D eigenvalue weighted by Crippen LogP contribution is -2.27. The van der Waals surface area contributed by atoms with Crippen molar-refractivity contribution in [3.8, 4) is 5.75 Å². The Hall–Kier alpha value is -3.03. The number of anilines is 1. The first-order valence-corrected chi connectivity index (χ1v) is 10.8. The summed E-state index contributed by atoms with van der Waals surface area (Å²) in [5, 5.41) is 6.39. The average molecular weight is 480 g/mol. The molecular formula is C23H18BrN3O2S. The van der Waals surface area contributed by atoms with E-state index in [1.165, 1.54) is 16.3 Å². The van der Waals surface area contributed by atoms with Crippen LogP contribution in [0.1, 0.15) is 11.1 Å². The van der Waals surface area contributed by atoms with Gasteiger partial charge >= 0.3 is 0 Å². The van der Waals surface area contributed by atoms with Crippen molar-refractivity contribution in [3.63, 3.8) is 0 Å². The highest BCUT2D eigenvalue weighted by molar-refractivity contribution is 9.10. The maximum absolute atomic E-state index is 13.1. The molecule has 5 nitrogen and oxygen atoms in total. The Labute approximate surface area is 186 Å². The van der Waals surface area contributed by atoms with E-state index in [1.54, 1.807) is 13.3 Å². The summed E-state index contributed by atoms with van der Waals surface area (Å²) in [6.07, 6.45) is 1.90. The van der Waals surface area contributed by atoms with E-state index in [2.05, 4.69) is 26.0 Å². The van der Waals surface area contributed by atoms with E-state index in [4.69, 9.17) is 4.74 Å². The van der Waals surface area contributed by atoms with Gasteiger partial charge in [-0.05, 0) is 41.5 Å². The molecule has 7 heteroatoms. The van der Waals surface area contributed by atoms with Crippen LogP contribution in [0.2, 0.25) is 0 Å². The molecule has 4 rings (SSSR count). The fourth-order valence-electron chi connectivity index (χ4n) is 2.85. The molecule has 1 heterocycles. The zero-order valence-electron chi connectivity index (χ0n) is 16.2. The van der Waals surface area contributed by atoms with Crippen molar-refractivity contribution < 1.29 is 9.53 Å². The van der Waals surface area contributed by atoms with Crippen molar-refractivity contribution in [2.45, 2.75) is 6.42 Å². The molecule has 0 atom stereocenters. The van der Waals surface area contributed by atoms with Gasteiger partial charge in [-0.25, -0.2) is 4.98 Å². The van der Waals surface area contributed by atoms with Gasteiger partial charge in [0, 0.05) is 4.47 Å². The third-order valence-corrected chi connectivity index (χ3v) is 5.91. The number of hydrazone groups is 1. The summed E-state index contributed by atoms with van der Waals surface area (Å²) < 4.78 is 7.21. The first kappa shape index (κ1) is 20.3. The SMILES string of the molecule is COc1ccc2nc(N(/N=C/c3ccc(Br)cc3)C(=O)Cc3ccccc3)sc2c1. The Kier molecular flexibility index (Phi) is 6.21. The third-order valence-electron chi connectivity index (χ3n) is 4.39. The van der Waals surface area contributed by atoms with Crippen molar-refractivity contribution in [2.75, 3.05) is 12.1 Å². The molecule has 0 fully saturated rings. The zero-order valence-corrected chi connectivity index (χ0v) is 18.6. The van der Waals surface area contributed by atoms with Gasteiger partial charge < -0.3 is 4.74 Å². The summed E-state index contributed by atoms with van der Waals surface area (Å²) >= 11 is 4.83. The second-order valence-corrected chi connectivity index (χ2v) is 8.42. The zero-order chi connectivity index (χ0) is 20.9. The van der Waals surface area contributed by atoms with Crippen LogP contribution in [0.3, 0.4) is 0 Å². The molecule has 0 unspecified atom stereocenters.